The number of fused-ring (bicyclic) bond motifs is 1. The lowest BCUT2D eigenvalue weighted by atomic mass is 10.1. The third kappa shape index (κ3) is 3.64. The van der Waals surface area contributed by atoms with Crippen LogP contribution in [-0.2, 0) is 0 Å². The number of benzene rings is 1. The van der Waals surface area contributed by atoms with Gasteiger partial charge >= 0.3 is 0 Å². The summed E-state index contributed by atoms with van der Waals surface area (Å²) >= 11 is 3.63. The minimum atomic E-state index is -0.274. The SMILES string of the molecule is CSNc1cc2c(cc1C)cc(C(=O)/C(C#N)=C/N(C)C)n2I. The summed E-state index contributed by atoms with van der Waals surface area (Å²) in [6, 6.07) is 7.88. The zero-order chi connectivity index (χ0) is 17.1. The zero-order valence-electron chi connectivity index (χ0n) is 13.3. The van der Waals surface area contributed by atoms with Crippen LogP contribution in [0.5, 0.6) is 0 Å². The molecule has 1 aromatic heterocycles. The molecule has 0 atom stereocenters. The molecule has 1 aromatic carbocycles. The first-order chi connectivity index (χ1) is 10.9. The highest BCUT2D eigenvalue weighted by atomic mass is 127. The molecule has 0 aliphatic heterocycles. The van der Waals surface area contributed by atoms with Crippen molar-refractivity contribution in [2.75, 3.05) is 25.1 Å². The number of aryl methyl sites for hydroxylation is 1. The fourth-order valence-corrected chi connectivity index (χ4v) is 3.46. The molecule has 1 N–H and O–H groups in total. The number of nitrogens with one attached hydrogen (secondary N) is 1. The zero-order valence-corrected chi connectivity index (χ0v) is 16.3. The van der Waals surface area contributed by atoms with Gasteiger partial charge in [-0.05, 0) is 30.7 Å². The molecule has 1 heterocycles. The first-order valence-corrected chi connectivity index (χ1v) is 9.02. The third-order valence-electron chi connectivity index (χ3n) is 3.29. The normalized spacial score (nSPS) is 11.4. The molecule has 0 aliphatic carbocycles. The van der Waals surface area contributed by atoms with E-state index in [1.807, 2.05) is 37.4 Å². The lowest BCUT2D eigenvalue weighted by Gasteiger charge is -2.08. The van der Waals surface area contributed by atoms with E-state index in [1.165, 1.54) is 11.9 Å². The summed E-state index contributed by atoms with van der Waals surface area (Å²) in [4.78, 5) is 14.3. The molecule has 0 bridgehead atoms. The Morgan fingerprint density at radius 2 is 2.13 bits per heavy atom. The maximum Gasteiger partial charge on any atom is 0.222 e. The lowest BCUT2D eigenvalue weighted by molar-refractivity contribution is 0.103. The maximum absolute atomic E-state index is 12.6. The lowest BCUT2D eigenvalue weighted by Crippen LogP contribution is -2.10. The largest absolute Gasteiger partial charge is 0.382 e. The Morgan fingerprint density at radius 1 is 1.43 bits per heavy atom. The van der Waals surface area contributed by atoms with E-state index < -0.39 is 0 Å². The number of carbonyl (C=O) groups excluding carboxylic acids is 1. The summed E-state index contributed by atoms with van der Waals surface area (Å²) in [5, 5.41) is 10.2. The Morgan fingerprint density at radius 3 is 2.70 bits per heavy atom. The number of nitrogens with zero attached hydrogens (tertiary/aromatic N) is 3. The molecule has 0 aliphatic rings. The monoisotopic (exact) mass is 440 g/mol. The van der Waals surface area contributed by atoms with Crippen LogP contribution in [0.2, 0.25) is 0 Å². The van der Waals surface area contributed by atoms with Crippen LogP contribution < -0.4 is 4.72 Å². The quantitative estimate of drug-likeness (QED) is 0.251. The molecule has 0 amide bonds. The molecule has 0 spiro atoms. The summed E-state index contributed by atoms with van der Waals surface area (Å²) in [6.45, 7) is 2.02. The molecule has 0 unspecified atom stereocenters. The average molecular weight is 440 g/mol. The van der Waals surface area contributed by atoms with E-state index in [4.69, 9.17) is 0 Å². The Balaban J connectivity index is 2.57. The van der Waals surface area contributed by atoms with Crippen LogP contribution in [-0.4, -0.2) is 33.8 Å². The second-order valence-electron chi connectivity index (χ2n) is 5.29. The molecule has 0 saturated carbocycles. The van der Waals surface area contributed by atoms with Crippen molar-refractivity contribution in [3.63, 3.8) is 0 Å². The number of aromatic nitrogens is 1. The maximum atomic E-state index is 12.6. The Kier molecular flexibility index (Phi) is 5.59. The van der Waals surface area contributed by atoms with Crippen molar-refractivity contribution in [3.05, 3.63) is 41.2 Å². The van der Waals surface area contributed by atoms with Gasteiger partial charge in [-0.2, -0.15) is 5.26 Å². The van der Waals surface area contributed by atoms with Gasteiger partial charge in [-0.1, -0.05) is 11.9 Å². The highest BCUT2D eigenvalue weighted by Gasteiger charge is 2.19. The number of hydrogen-bond donors (Lipinski definition) is 1. The van der Waals surface area contributed by atoms with Crippen molar-refractivity contribution in [3.8, 4) is 6.07 Å². The molecule has 2 aromatic rings. The molecule has 120 valence electrons. The van der Waals surface area contributed by atoms with E-state index >= 15 is 0 Å². The van der Waals surface area contributed by atoms with Crippen LogP contribution in [0.25, 0.3) is 10.9 Å². The van der Waals surface area contributed by atoms with Gasteiger partial charge in [-0.25, -0.2) is 0 Å². The molecule has 0 fully saturated rings. The predicted octanol–water partition coefficient (Wildman–Crippen LogP) is 3.99. The molecule has 23 heavy (non-hydrogen) atoms. The van der Waals surface area contributed by atoms with Crippen molar-refractivity contribution < 1.29 is 4.79 Å². The van der Waals surface area contributed by atoms with Gasteiger partial charge in [0.1, 0.15) is 17.3 Å². The number of hydrogen-bond acceptors (Lipinski definition) is 5. The second-order valence-corrected chi connectivity index (χ2v) is 6.87. The first-order valence-electron chi connectivity index (χ1n) is 6.83. The van der Waals surface area contributed by atoms with Crippen molar-refractivity contribution in [2.45, 2.75) is 6.92 Å². The summed E-state index contributed by atoms with van der Waals surface area (Å²) in [5.41, 5.74) is 3.69. The Labute approximate surface area is 154 Å². The van der Waals surface area contributed by atoms with E-state index in [0.29, 0.717) is 5.69 Å². The van der Waals surface area contributed by atoms with Crippen molar-refractivity contribution in [1.82, 2.24) is 7.68 Å². The van der Waals surface area contributed by atoms with E-state index in [1.54, 1.807) is 28.0 Å². The number of anilines is 1. The fourth-order valence-electron chi connectivity index (χ4n) is 2.25. The van der Waals surface area contributed by atoms with Crippen LogP contribution in [0, 0.1) is 18.3 Å². The number of Topliss-reactive ketones (excluding diaryl/α,β-unsaturated/α-hetero) is 1. The molecule has 7 heteroatoms. The van der Waals surface area contributed by atoms with E-state index in [-0.39, 0.29) is 11.4 Å². The predicted molar refractivity (Wildman–Crippen MR) is 105 cm³/mol. The highest BCUT2D eigenvalue weighted by Crippen LogP contribution is 2.30. The Bertz CT molecular complexity index is 833. The van der Waals surface area contributed by atoms with Crippen LogP contribution in [0.3, 0.4) is 0 Å². The smallest absolute Gasteiger partial charge is 0.222 e. The first kappa shape index (κ1) is 17.7. The number of halogens is 1. The van der Waals surface area contributed by atoms with E-state index in [2.05, 4.69) is 27.6 Å². The van der Waals surface area contributed by atoms with E-state index in [0.717, 1.165) is 22.2 Å². The number of carbonyl (C=O) groups is 1. The third-order valence-corrected chi connectivity index (χ3v) is 4.75. The number of ketones is 1. The van der Waals surface area contributed by atoms with Gasteiger partial charge in [-0.15, -0.1) is 0 Å². The van der Waals surface area contributed by atoms with Crippen molar-refractivity contribution >= 4 is 57.2 Å². The number of allylic oxidation sites excluding steroid dienone is 1. The van der Waals surface area contributed by atoms with Crippen LogP contribution in [0.1, 0.15) is 16.1 Å². The molecule has 0 radical (unpaired) electrons. The molecule has 0 saturated heterocycles. The topological polar surface area (TPSA) is 61.1 Å². The second kappa shape index (κ2) is 7.27. The summed E-state index contributed by atoms with van der Waals surface area (Å²) in [7, 11) is 3.57. The molecule has 2 rings (SSSR count). The number of nitriles is 1. The van der Waals surface area contributed by atoms with Gasteiger partial charge in [0.15, 0.2) is 0 Å². The Hall–Kier alpha value is -1.66. The summed E-state index contributed by atoms with van der Waals surface area (Å²) < 4.78 is 5.05. The molecular formula is C16H17IN4OS. The van der Waals surface area contributed by atoms with Gasteiger partial charge in [0, 0.05) is 37.6 Å². The average Bonchev–Trinajstić information content (AvgIpc) is 2.81. The van der Waals surface area contributed by atoms with Crippen molar-refractivity contribution in [1.29, 1.82) is 5.26 Å². The van der Waals surface area contributed by atoms with Gasteiger partial charge in [0.2, 0.25) is 5.78 Å². The van der Waals surface area contributed by atoms with Crippen LogP contribution in [0.15, 0.2) is 30.0 Å². The minimum Gasteiger partial charge on any atom is -0.382 e. The minimum absolute atomic E-state index is 0.120. The highest BCUT2D eigenvalue weighted by molar-refractivity contribution is 14.1. The molecule has 5 nitrogen and oxygen atoms in total. The standard InChI is InChI=1S/C16H17IN4OS/c1-10-5-11-6-15(16(22)12(8-18)9-20(2)3)21(17)14(11)7-13(10)19-23-4/h5-7,9,19H,1-4H3/b12-9+. The van der Waals surface area contributed by atoms with Crippen molar-refractivity contribution in [2.24, 2.45) is 0 Å². The summed E-state index contributed by atoms with van der Waals surface area (Å²) in [6.07, 6.45) is 3.51. The number of rotatable bonds is 5. The van der Waals surface area contributed by atoms with Gasteiger partial charge in [-0.3, -0.25) is 7.58 Å². The van der Waals surface area contributed by atoms with Crippen LogP contribution >= 0.6 is 34.8 Å². The molecular weight excluding hydrogens is 423 g/mol. The summed E-state index contributed by atoms with van der Waals surface area (Å²) in [5.74, 6) is -0.274. The van der Waals surface area contributed by atoms with Gasteiger partial charge in [0.05, 0.1) is 28.4 Å². The fraction of sp³-hybridized carbons (Fsp3) is 0.250. The van der Waals surface area contributed by atoms with Crippen LogP contribution in [0.4, 0.5) is 5.69 Å². The van der Waals surface area contributed by atoms with Gasteiger partial charge < -0.3 is 9.62 Å². The van der Waals surface area contributed by atoms with E-state index in [9.17, 15) is 10.1 Å². The van der Waals surface area contributed by atoms with Gasteiger partial charge in [0.25, 0.3) is 0 Å².